The van der Waals surface area contributed by atoms with Crippen molar-refractivity contribution < 1.29 is 13.2 Å². The van der Waals surface area contributed by atoms with E-state index in [-0.39, 0.29) is 10.7 Å². The first-order valence-corrected chi connectivity index (χ1v) is 8.59. The van der Waals surface area contributed by atoms with Crippen molar-refractivity contribution in [2.75, 3.05) is 6.26 Å². The summed E-state index contributed by atoms with van der Waals surface area (Å²) in [6, 6.07) is 5.96. The maximum atomic E-state index is 12.1. The van der Waals surface area contributed by atoms with Crippen molar-refractivity contribution in [2.45, 2.75) is 4.90 Å². The first-order valence-electron chi connectivity index (χ1n) is 4.96. The van der Waals surface area contributed by atoms with Crippen LogP contribution in [0.15, 0.2) is 44.4 Å². The lowest BCUT2D eigenvalue weighted by atomic mass is 10.1. The van der Waals surface area contributed by atoms with Gasteiger partial charge in [0.2, 0.25) is 0 Å². The monoisotopic (exact) mass is 344 g/mol. The Morgan fingerprint density at radius 2 is 1.78 bits per heavy atom. The number of sulfone groups is 1. The molecule has 0 amide bonds. The van der Waals surface area contributed by atoms with Gasteiger partial charge in [0, 0.05) is 32.6 Å². The maximum Gasteiger partial charge on any atom is 0.194 e. The van der Waals surface area contributed by atoms with Gasteiger partial charge in [-0.1, -0.05) is 0 Å². The highest BCUT2D eigenvalue weighted by molar-refractivity contribution is 9.10. The Morgan fingerprint density at radius 3 is 2.22 bits per heavy atom. The maximum absolute atomic E-state index is 12.1. The molecule has 6 heteroatoms. The molecule has 1 heterocycles. The van der Waals surface area contributed by atoms with E-state index >= 15 is 0 Å². The van der Waals surface area contributed by atoms with Gasteiger partial charge in [0.1, 0.15) is 0 Å². The van der Waals surface area contributed by atoms with Crippen LogP contribution in [-0.2, 0) is 9.84 Å². The zero-order valence-electron chi connectivity index (χ0n) is 9.38. The molecule has 0 saturated heterocycles. The van der Waals surface area contributed by atoms with E-state index in [1.807, 2.05) is 5.38 Å². The largest absolute Gasteiger partial charge is 0.289 e. The lowest BCUT2D eigenvalue weighted by Gasteiger charge is -2.02. The molecule has 0 radical (unpaired) electrons. The summed E-state index contributed by atoms with van der Waals surface area (Å²) in [7, 11) is -3.23. The molecule has 0 unspecified atom stereocenters. The molecule has 94 valence electrons. The number of benzene rings is 1. The molecule has 3 nitrogen and oxygen atoms in total. The van der Waals surface area contributed by atoms with Crippen LogP contribution in [0.4, 0.5) is 0 Å². The van der Waals surface area contributed by atoms with Crippen LogP contribution in [0.3, 0.4) is 0 Å². The third-order valence-electron chi connectivity index (χ3n) is 2.40. The van der Waals surface area contributed by atoms with Crippen LogP contribution >= 0.6 is 27.3 Å². The molecule has 0 aliphatic carbocycles. The second-order valence-electron chi connectivity index (χ2n) is 3.76. The Morgan fingerprint density at radius 1 is 1.17 bits per heavy atom. The summed E-state index contributed by atoms with van der Waals surface area (Å²) in [6.45, 7) is 0. The smallest absolute Gasteiger partial charge is 0.194 e. The minimum Gasteiger partial charge on any atom is -0.289 e. The summed E-state index contributed by atoms with van der Waals surface area (Å²) in [5, 5.41) is 3.59. The molecule has 0 fully saturated rings. The standard InChI is InChI=1S/C12H9BrO3S2/c1-18(15,16)9-4-2-8(3-5-9)12(14)10-6-17-7-11(10)13/h2-7H,1H3. The molecule has 1 aromatic carbocycles. The van der Waals surface area contributed by atoms with E-state index in [0.29, 0.717) is 11.1 Å². The molecule has 0 saturated carbocycles. The summed E-state index contributed by atoms with van der Waals surface area (Å²) >= 11 is 4.74. The predicted molar refractivity (Wildman–Crippen MR) is 75.0 cm³/mol. The SMILES string of the molecule is CS(=O)(=O)c1ccc(C(=O)c2cscc2Br)cc1. The summed E-state index contributed by atoms with van der Waals surface area (Å²) < 4.78 is 23.4. The summed E-state index contributed by atoms with van der Waals surface area (Å²) in [6.07, 6.45) is 1.14. The molecule has 2 rings (SSSR count). The third kappa shape index (κ3) is 2.71. The van der Waals surface area contributed by atoms with Crippen LogP contribution < -0.4 is 0 Å². The van der Waals surface area contributed by atoms with Gasteiger partial charge in [-0.2, -0.15) is 11.3 Å². The zero-order chi connectivity index (χ0) is 13.3. The van der Waals surface area contributed by atoms with Gasteiger partial charge in [0.05, 0.1) is 4.90 Å². The molecule has 2 aromatic rings. The van der Waals surface area contributed by atoms with Gasteiger partial charge in [0.15, 0.2) is 15.6 Å². The van der Waals surface area contributed by atoms with Gasteiger partial charge in [-0.25, -0.2) is 8.42 Å². The lowest BCUT2D eigenvalue weighted by Crippen LogP contribution is -2.02. The number of halogens is 1. The van der Waals surface area contributed by atoms with E-state index < -0.39 is 9.84 Å². The van der Waals surface area contributed by atoms with Crippen LogP contribution in [0.25, 0.3) is 0 Å². The van der Waals surface area contributed by atoms with Crippen LogP contribution in [0.5, 0.6) is 0 Å². The number of thiophene rings is 1. The van der Waals surface area contributed by atoms with Gasteiger partial charge in [-0.15, -0.1) is 0 Å². The molecule has 18 heavy (non-hydrogen) atoms. The lowest BCUT2D eigenvalue weighted by molar-refractivity contribution is 0.103. The molecular weight excluding hydrogens is 336 g/mol. The summed E-state index contributed by atoms with van der Waals surface area (Å²) in [4.78, 5) is 12.3. The van der Waals surface area contributed by atoms with Crippen molar-refractivity contribution in [3.8, 4) is 0 Å². The second-order valence-corrected chi connectivity index (χ2v) is 7.37. The Bertz CT molecular complexity index is 684. The molecule has 0 atom stereocenters. The number of carbonyl (C=O) groups is 1. The van der Waals surface area contributed by atoms with Crippen molar-refractivity contribution in [3.63, 3.8) is 0 Å². The van der Waals surface area contributed by atoms with Gasteiger partial charge >= 0.3 is 0 Å². The molecule has 0 bridgehead atoms. The number of rotatable bonds is 3. The van der Waals surface area contributed by atoms with Crippen molar-refractivity contribution in [1.82, 2.24) is 0 Å². The van der Waals surface area contributed by atoms with Crippen molar-refractivity contribution >= 4 is 42.9 Å². The van der Waals surface area contributed by atoms with Crippen LogP contribution in [0.1, 0.15) is 15.9 Å². The van der Waals surface area contributed by atoms with Crippen LogP contribution in [-0.4, -0.2) is 20.5 Å². The topological polar surface area (TPSA) is 51.2 Å². The molecule has 0 spiro atoms. The fourth-order valence-corrected chi connectivity index (χ4v) is 3.54. The normalized spacial score (nSPS) is 11.4. The second kappa shape index (κ2) is 4.95. The van der Waals surface area contributed by atoms with E-state index in [1.54, 1.807) is 5.38 Å². The van der Waals surface area contributed by atoms with E-state index in [0.717, 1.165) is 10.7 Å². The van der Waals surface area contributed by atoms with Gasteiger partial charge in [-0.3, -0.25) is 4.79 Å². The highest BCUT2D eigenvalue weighted by Crippen LogP contribution is 2.24. The zero-order valence-corrected chi connectivity index (χ0v) is 12.6. The minimum absolute atomic E-state index is 0.122. The highest BCUT2D eigenvalue weighted by Gasteiger charge is 2.14. The molecule has 1 aromatic heterocycles. The molecular formula is C12H9BrO3S2. The molecule has 0 aliphatic heterocycles. The van der Waals surface area contributed by atoms with Gasteiger partial charge in [0.25, 0.3) is 0 Å². The van der Waals surface area contributed by atoms with Gasteiger partial charge in [-0.05, 0) is 40.2 Å². The van der Waals surface area contributed by atoms with E-state index in [4.69, 9.17) is 0 Å². The molecule has 0 aliphatic rings. The van der Waals surface area contributed by atoms with E-state index in [2.05, 4.69) is 15.9 Å². The average molecular weight is 345 g/mol. The van der Waals surface area contributed by atoms with E-state index in [9.17, 15) is 13.2 Å². The third-order valence-corrected chi connectivity index (χ3v) is 5.24. The fraction of sp³-hybridized carbons (Fsp3) is 0.0833. The highest BCUT2D eigenvalue weighted by atomic mass is 79.9. The number of hydrogen-bond donors (Lipinski definition) is 0. The number of ketones is 1. The first-order chi connectivity index (χ1) is 8.39. The summed E-state index contributed by atoms with van der Waals surface area (Å²) in [5.74, 6) is -0.122. The van der Waals surface area contributed by atoms with Crippen LogP contribution in [0.2, 0.25) is 0 Å². The summed E-state index contributed by atoms with van der Waals surface area (Å²) in [5.41, 5.74) is 1.06. The quantitative estimate of drug-likeness (QED) is 0.803. The van der Waals surface area contributed by atoms with E-state index in [1.165, 1.54) is 35.6 Å². The van der Waals surface area contributed by atoms with Crippen molar-refractivity contribution in [2.24, 2.45) is 0 Å². The fourth-order valence-electron chi connectivity index (χ4n) is 1.45. The van der Waals surface area contributed by atoms with Crippen LogP contribution in [0, 0.1) is 0 Å². The number of carbonyl (C=O) groups excluding carboxylic acids is 1. The Balaban J connectivity index is 2.37. The Kier molecular flexibility index (Phi) is 3.70. The molecule has 0 N–H and O–H groups in total. The number of hydrogen-bond acceptors (Lipinski definition) is 4. The van der Waals surface area contributed by atoms with Crippen molar-refractivity contribution in [3.05, 3.63) is 50.6 Å². The Hall–Kier alpha value is -0.980. The van der Waals surface area contributed by atoms with Gasteiger partial charge < -0.3 is 0 Å². The predicted octanol–water partition coefficient (Wildman–Crippen LogP) is 3.15. The first kappa shape index (κ1) is 13.5. The minimum atomic E-state index is -3.23. The van der Waals surface area contributed by atoms with Crippen molar-refractivity contribution in [1.29, 1.82) is 0 Å². The average Bonchev–Trinajstić information content (AvgIpc) is 2.73. The Labute approximate surface area is 118 Å².